The van der Waals surface area contributed by atoms with Crippen LogP contribution in [0.1, 0.15) is 43.4 Å². The smallest absolute Gasteiger partial charge is 0.260 e. The first-order chi connectivity index (χ1) is 9.69. The van der Waals surface area contributed by atoms with Gasteiger partial charge in [0.15, 0.2) is 6.61 Å². The highest BCUT2D eigenvalue weighted by atomic mass is 16.5. The van der Waals surface area contributed by atoms with Crippen LogP contribution in [0.25, 0.3) is 0 Å². The second-order valence-corrected chi connectivity index (χ2v) is 5.71. The molecule has 1 fully saturated rings. The van der Waals surface area contributed by atoms with E-state index in [9.17, 15) is 4.79 Å². The van der Waals surface area contributed by atoms with Crippen molar-refractivity contribution in [3.63, 3.8) is 0 Å². The quantitative estimate of drug-likeness (QED) is 0.893. The molecule has 1 aromatic carbocycles. The van der Waals surface area contributed by atoms with Gasteiger partial charge in [0.2, 0.25) is 0 Å². The van der Waals surface area contributed by atoms with Crippen LogP contribution in [0.5, 0.6) is 5.75 Å². The average Bonchev–Trinajstić information content (AvgIpc) is 3.22. The van der Waals surface area contributed by atoms with Gasteiger partial charge in [-0.15, -0.1) is 0 Å². The van der Waals surface area contributed by atoms with E-state index in [1.54, 1.807) is 0 Å². The molecule has 1 amide bonds. The molecule has 4 nitrogen and oxygen atoms in total. The van der Waals surface area contributed by atoms with E-state index in [-0.39, 0.29) is 18.6 Å². The van der Waals surface area contributed by atoms with Crippen LogP contribution in [-0.4, -0.2) is 30.0 Å². The summed E-state index contributed by atoms with van der Waals surface area (Å²) in [5.41, 5.74) is 8.50. The molecule has 0 unspecified atom stereocenters. The zero-order chi connectivity index (χ0) is 14.1. The van der Waals surface area contributed by atoms with Crippen LogP contribution in [0, 0.1) is 0 Å². The molecule has 1 atom stereocenters. The van der Waals surface area contributed by atoms with Crippen molar-refractivity contribution in [2.24, 2.45) is 5.73 Å². The minimum atomic E-state index is 0.0900. The van der Waals surface area contributed by atoms with Crippen molar-refractivity contribution in [2.75, 3.05) is 13.2 Å². The third-order valence-corrected chi connectivity index (χ3v) is 4.25. The Morgan fingerprint density at radius 3 is 2.90 bits per heavy atom. The van der Waals surface area contributed by atoms with Gasteiger partial charge in [-0.3, -0.25) is 4.79 Å². The maximum absolute atomic E-state index is 12.1. The van der Waals surface area contributed by atoms with E-state index >= 15 is 0 Å². The molecule has 0 aromatic heterocycles. The second kappa shape index (κ2) is 5.44. The number of aryl methyl sites for hydroxylation is 1. The number of hydrogen-bond acceptors (Lipinski definition) is 3. The van der Waals surface area contributed by atoms with E-state index in [0.29, 0.717) is 6.04 Å². The van der Waals surface area contributed by atoms with Gasteiger partial charge in [0, 0.05) is 18.6 Å². The molecule has 1 saturated carbocycles. The lowest BCUT2D eigenvalue weighted by molar-refractivity contribution is -0.133. The lowest BCUT2D eigenvalue weighted by atomic mass is 10.1. The summed E-state index contributed by atoms with van der Waals surface area (Å²) >= 11 is 0. The van der Waals surface area contributed by atoms with Gasteiger partial charge >= 0.3 is 0 Å². The Morgan fingerprint density at radius 2 is 2.20 bits per heavy atom. The summed E-state index contributed by atoms with van der Waals surface area (Å²) in [5, 5.41) is 0. The molecule has 0 radical (unpaired) electrons. The normalized spacial score (nSPS) is 20.6. The van der Waals surface area contributed by atoms with Crippen LogP contribution < -0.4 is 10.5 Å². The molecular weight excluding hydrogens is 252 g/mol. The Morgan fingerprint density at radius 1 is 1.40 bits per heavy atom. The predicted octanol–water partition coefficient (Wildman–Crippen LogP) is 2.02. The van der Waals surface area contributed by atoms with Gasteiger partial charge < -0.3 is 15.4 Å². The van der Waals surface area contributed by atoms with Crippen LogP contribution in [0.2, 0.25) is 0 Å². The average molecular weight is 274 g/mol. The van der Waals surface area contributed by atoms with E-state index in [2.05, 4.69) is 0 Å². The lowest BCUT2D eigenvalue weighted by Gasteiger charge is -2.20. The molecular formula is C16H22N2O2. The number of benzene rings is 1. The van der Waals surface area contributed by atoms with Gasteiger partial charge in [0.25, 0.3) is 5.91 Å². The van der Waals surface area contributed by atoms with Gasteiger partial charge in [-0.25, -0.2) is 0 Å². The number of likely N-dealkylation sites (N-methyl/N-ethyl adjacent to an activating group) is 1. The van der Waals surface area contributed by atoms with Gasteiger partial charge in [-0.2, -0.15) is 0 Å². The van der Waals surface area contributed by atoms with E-state index in [1.807, 2.05) is 30.0 Å². The zero-order valence-electron chi connectivity index (χ0n) is 12.0. The molecule has 0 saturated heterocycles. The van der Waals surface area contributed by atoms with E-state index < -0.39 is 0 Å². The lowest BCUT2D eigenvalue weighted by Crippen LogP contribution is -2.36. The number of amides is 1. The highest BCUT2D eigenvalue weighted by molar-refractivity contribution is 5.78. The van der Waals surface area contributed by atoms with Crippen molar-refractivity contribution in [1.82, 2.24) is 4.90 Å². The second-order valence-electron chi connectivity index (χ2n) is 5.71. The Bertz CT molecular complexity index is 511. The highest BCUT2D eigenvalue weighted by Crippen LogP contribution is 2.32. The summed E-state index contributed by atoms with van der Waals surface area (Å²) < 4.78 is 5.66. The molecule has 4 heteroatoms. The molecule has 108 valence electrons. The molecule has 2 N–H and O–H groups in total. The van der Waals surface area contributed by atoms with Crippen molar-refractivity contribution in [1.29, 1.82) is 0 Å². The maximum atomic E-state index is 12.1. The van der Waals surface area contributed by atoms with Crippen LogP contribution >= 0.6 is 0 Å². The fraction of sp³-hybridized carbons (Fsp3) is 0.562. The molecule has 2 aliphatic carbocycles. The van der Waals surface area contributed by atoms with E-state index in [0.717, 1.165) is 38.0 Å². The summed E-state index contributed by atoms with van der Waals surface area (Å²) in [5.74, 6) is 0.866. The largest absolute Gasteiger partial charge is 0.484 e. The first-order valence-electron chi connectivity index (χ1n) is 7.49. The van der Waals surface area contributed by atoms with Crippen molar-refractivity contribution in [3.8, 4) is 5.75 Å². The van der Waals surface area contributed by atoms with E-state index in [4.69, 9.17) is 10.5 Å². The summed E-state index contributed by atoms with van der Waals surface area (Å²) in [6.45, 7) is 2.92. The Labute approximate surface area is 119 Å². The number of carbonyl (C=O) groups excluding carboxylic acids is 1. The summed E-state index contributed by atoms with van der Waals surface area (Å²) in [4.78, 5) is 14.0. The molecule has 1 aromatic rings. The molecule has 2 aliphatic rings. The minimum absolute atomic E-state index is 0.0900. The Hall–Kier alpha value is -1.55. The number of ether oxygens (including phenoxy) is 1. The SMILES string of the molecule is CCN(C(=O)COc1ccc2c(c1)CC[C@@H]2N)C1CC1. The van der Waals surface area contributed by atoms with Gasteiger partial charge in [-0.05, 0) is 55.9 Å². The summed E-state index contributed by atoms with van der Waals surface area (Å²) in [6, 6.07) is 6.60. The standard InChI is InChI=1S/C16H22N2O2/c1-2-18(12-4-5-12)16(19)10-20-13-6-7-14-11(9-13)3-8-15(14)17/h6-7,9,12,15H,2-5,8,10,17H2,1H3/t15-/m0/s1. The van der Waals surface area contributed by atoms with Gasteiger partial charge in [0.05, 0.1) is 0 Å². The number of hydrogen-bond donors (Lipinski definition) is 1. The van der Waals surface area contributed by atoms with Crippen LogP contribution in [0.3, 0.4) is 0 Å². The maximum Gasteiger partial charge on any atom is 0.260 e. The van der Waals surface area contributed by atoms with Crippen molar-refractivity contribution < 1.29 is 9.53 Å². The number of rotatable bonds is 5. The molecule has 3 rings (SSSR count). The number of carbonyl (C=O) groups is 1. The first kappa shape index (κ1) is 13.4. The third-order valence-electron chi connectivity index (χ3n) is 4.25. The third kappa shape index (κ3) is 2.66. The van der Waals surface area contributed by atoms with Gasteiger partial charge in [0.1, 0.15) is 5.75 Å². The molecule has 0 heterocycles. The van der Waals surface area contributed by atoms with Crippen LogP contribution in [0.4, 0.5) is 0 Å². The molecule has 20 heavy (non-hydrogen) atoms. The van der Waals surface area contributed by atoms with Crippen molar-refractivity contribution >= 4 is 5.91 Å². The van der Waals surface area contributed by atoms with Crippen LogP contribution in [0.15, 0.2) is 18.2 Å². The fourth-order valence-corrected chi connectivity index (χ4v) is 2.97. The van der Waals surface area contributed by atoms with Crippen molar-refractivity contribution in [2.45, 2.75) is 44.7 Å². The van der Waals surface area contributed by atoms with Crippen molar-refractivity contribution in [3.05, 3.63) is 29.3 Å². The first-order valence-corrected chi connectivity index (χ1v) is 7.49. The Kier molecular flexibility index (Phi) is 3.66. The minimum Gasteiger partial charge on any atom is -0.484 e. The summed E-state index contributed by atoms with van der Waals surface area (Å²) in [6.07, 6.45) is 4.28. The zero-order valence-corrected chi connectivity index (χ0v) is 12.0. The predicted molar refractivity (Wildman–Crippen MR) is 77.6 cm³/mol. The van der Waals surface area contributed by atoms with Crippen LogP contribution in [-0.2, 0) is 11.2 Å². The number of fused-ring (bicyclic) bond motifs is 1. The Balaban J connectivity index is 1.60. The topological polar surface area (TPSA) is 55.6 Å². The van der Waals surface area contributed by atoms with Gasteiger partial charge in [-0.1, -0.05) is 6.07 Å². The fourth-order valence-electron chi connectivity index (χ4n) is 2.97. The number of nitrogens with zero attached hydrogens (tertiary/aromatic N) is 1. The molecule has 0 spiro atoms. The van der Waals surface area contributed by atoms with E-state index in [1.165, 1.54) is 11.1 Å². The summed E-state index contributed by atoms with van der Waals surface area (Å²) in [7, 11) is 0. The highest BCUT2D eigenvalue weighted by Gasteiger charge is 2.31. The molecule has 0 bridgehead atoms. The number of nitrogens with two attached hydrogens (primary N) is 1. The monoisotopic (exact) mass is 274 g/mol. The molecule has 0 aliphatic heterocycles.